The van der Waals surface area contributed by atoms with Gasteiger partial charge in [-0.15, -0.1) is 0 Å². The van der Waals surface area contributed by atoms with Gasteiger partial charge in [-0.1, -0.05) is 6.07 Å². The normalized spacial score (nSPS) is 13.7. The van der Waals surface area contributed by atoms with E-state index in [1.54, 1.807) is 0 Å². The van der Waals surface area contributed by atoms with Gasteiger partial charge in [-0.2, -0.15) is 0 Å². The Balaban J connectivity index is 1.65. The molecule has 3 aromatic rings. The molecule has 1 aliphatic carbocycles. The van der Waals surface area contributed by atoms with E-state index in [0.29, 0.717) is 17.9 Å². The highest BCUT2D eigenvalue weighted by Crippen LogP contribution is 2.40. The van der Waals surface area contributed by atoms with E-state index in [2.05, 4.69) is 41.0 Å². The number of nitrogens with zero attached hydrogens (tertiary/aromatic N) is 2. The molecule has 0 bridgehead atoms. The minimum absolute atomic E-state index is 0.308. The monoisotopic (exact) mass is 406 g/mol. The summed E-state index contributed by atoms with van der Waals surface area (Å²) in [7, 11) is 3.52. The van der Waals surface area contributed by atoms with Crippen molar-refractivity contribution in [3.8, 4) is 0 Å². The zero-order valence-electron chi connectivity index (χ0n) is 18.1. The summed E-state index contributed by atoms with van der Waals surface area (Å²) >= 11 is 0. The van der Waals surface area contributed by atoms with Gasteiger partial charge < -0.3 is 14.0 Å². The van der Waals surface area contributed by atoms with E-state index in [1.807, 2.05) is 19.2 Å². The molecule has 0 spiro atoms. The maximum absolute atomic E-state index is 12.4. The summed E-state index contributed by atoms with van der Waals surface area (Å²) in [5, 5.41) is 1.22. The second kappa shape index (κ2) is 9.00. The molecule has 0 N–H and O–H groups in total. The van der Waals surface area contributed by atoms with Crippen LogP contribution in [0.15, 0.2) is 36.7 Å². The van der Waals surface area contributed by atoms with Gasteiger partial charge in [-0.25, -0.2) is 4.79 Å². The van der Waals surface area contributed by atoms with Crippen molar-refractivity contribution in [1.82, 2.24) is 9.55 Å². The Bertz CT molecular complexity index is 1050. The van der Waals surface area contributed by atoms with Crippen molar-refractivity contribution in [2.75, 3.05) is 20.3 Å². The lowest BCUT2D eigenvalue weighted by Crippen LogP contribution is -2.09. The van der Waals surface area contributed by atoms with Crippen LogP contribution in [0.5, 0.6) is 0 Å². The predicted molar refractivity (Wildman–Crippen MR) is 118 cm³/mol. The summed E-state index contributed by atoms with van der Waals surface area (Å²) in [6.07, 6.45) is 8.94. The molecule has 2 aromatic heterocycles. The number of pyridine rings is 1. The minimum Gasteiger partial charge on any atom is -0.465 e. The first-order valence-corrected chi connectivity index (χ1v) is 10.8. The fraction of sp³-hybridized carbons (Fsp3) is 0.440. The molecule has 158 valence electrons. The van der Waals surface area contributed by atoms with E-state index in [1.165, 1.54) is 36.4 Å². The standard InChI is InChI=1S/C25H30N2O3/c1-4-30-11-5-6-19-12-17(13-20-9-10-27(2)24(19)20)14-23-22(25(28)29-3)15-21(16-26-23)18-7-8-18/h9-10,12-13,15-16,18H,4-8,11,14H2,1-3H3. The van der Waals surface area contributed by atoms with E-state index >= 15 is 0 Å². The molecule has 4 rings (SSSR count). The second-order valence-electron chi connectivity index (χ2n) is 8.13. The first kappa shape index (κ1) is 20.6. The zero-order valence-corrected chi connectivity index (χ0v) is 18.1. The van der Waals surface area contributed by atoms with Gasteiger partial charge in [0, 0.05) is 44.5 Å². The van der Waals surface area contributed by atoms with Crippen LogP contribution in [0.2, 0.25) is 0 Å². The fourth-order valence-electron chi connectivity index (χ4n) is 4.18. The number of aromatic nitrogens is 2. The SMILES string of the molecule is CCOCCCc1cc(Cc2ncc(C3CC3)cc2C(=O)OC)cc2ccn(C)c12. The number of hydrogen-bond donors (Lipinski definition) is 0. The van der Waals surface area contributed by atoms with Crippen LogP contribution in [0.3, 0.4) is 0 Å². The average molecular weight is 407 g/mol. The van der Waals surface area contributed by atoms with E-state index < -0.39 is 0 Å². The number of aryl methyl sites for hydroxylation is 2. The van der Waals surface area contributed by atoms with Gasteiger partial charge in [0.25, 0.3) is 0 Å². The smallest absolute Gasteiger partial charge is 0.339 e. The van der Waals surface area contributed by atoms with Gasteiger partial charge in [-0.3, -0.25) is 4.98 Å². The molecule has 0 amide bonds. The fourth-order valence-corrected chi connectivity index (χ4v) is 4.18. The molecular formula is C25H30N2O3. The van der Waals surface area contributed by atoms with Gasteiger partial charge in [0.05, 0.1) is 23.9 Å². The number of carbonyl (C=O) groups is 1. The van der Waals surface area contributed by atoms with Crippen LogP contribution < -0.4 is 0 Å². The minimum atomic E-state index is -0.308. The zero-order chi connectivity index (χ0) is 21.1. The average Bonchev–Trinajstić information content (AvgIpc) is 3.54. The highest BCUT2D eigenvalue weighted by molar-refractivity contribution is 5.91. The highest BCUT2D eigenvalue weighted by atomic mass is 16.5. The maximum Gasteiger partial charge on any atom is 0.339 e. The van der Waals surface area contributed by atoms with Crippen molar-refractivity contribution in [3.63, 3.8) is 0 Å². The Morgan fingerprint density at radius 2 is 2.10 bits per heavy atom. The number of rotatable bonds is 9. The van der Waals surface area contributed by atoms with E-state index in [-0.39, 0.29) is 5.97 Å². The van der Waals surface area contributed by atoms with Crippen molar-refractivity contribution in [1.29, 1.82) is 0 Å². The first-order valence-electron chi connectivity index (χ1n) is 10.8. The molecule has 0 radical (unpaired) electrons. The van der Waals surface area contributed by atoms with Crippen LogP contribution in [0.25, 0.3) is 10.9 Å². The van der Waals surface area contributed by atoms with Crippen LogP contribution in [0.1, 0.15) is 64.8 Å². The molecule has 2 heterocycles. The molecule has 1 aliphatic rings. The van der Waals surface area contributed by atoms with Crippen LogP contribution in [0.4, 0.5) is 0 Å². The van der Waals surface area contributed by atoms with Crippen molar-refractivity contribution in [2.24, 2.45) is 7.05 Å². The third-order valence-electron chi connectivity index (χ3n) is 5.86. The molecule has 30 heavy (non-hydrogen) atoms. The van der Waals surface area contributed by atoms with Gasteiger partial charge in [0.15, 0.2) is 0 Å². The van der Waals surface area contributed by atoms with E-state index in [4.69, 9.17) is 9.47 Å². The number of carbonyl (C=O) groups excluding carboxylic acids is 1. The lowest BCUT2D eigenvalue weighted by Gasteiger charge is -2.12. The molecule has 0 saturated heterocycles. The number of benzene rings is 1. The van der Waals surface area contributed by atoms with Crippen molar-refractivity contribution in [2.45, 2.75) is 44.9 Å². The molecule has 0 atom stereocenters. The summed E-state index contributed by atoms with van der Waals surface area (Å²) in [6.45, 7) is 3.54. The summed E-state index contributed by atoms with van der Waals surface area (Å²) in [5.74, 6) is 0.241. The lowest BCUT2D eigenvalue weighted by atomic mass is 9.97. The van der Waals surface area contributed by atoms with Crippen LogP contribution in [0, 0.1) is 0 Å². The number of fused-ring (bicyclic) bond motifs is 1. The molecule has 0 unspecified atom stereocenters. The van der Waals surface area contributed by atoms with Crippen molar-refractivity contribution in [3.05, 3.63) is 64.6 Å². The Labute approximate surface area is 178 Å². The molecule has 0 aliphatic heterocycles. The number of methoxy groups -OCH3 is 1. The Morgan fingerprint density at radius 1 is 1.27 bits per heavy atom. The van der Waals surface area contributed by atoms with Crippen molar-refractivity contribution >= 4 is 16.9 Å². The largest absolute Gasteiger partial charge is 0.465 e. The maximum atomic E-state index is 12.4. The molecule has 1 fully saturated rings. The predicted octanol–water partition coefficient (Wildman–Crippen LogP) is 4.80. The first-order chi connectivity index (χ1) is 14.6. The quantitative estimate of drug-likeness (QED) is 0.378. The Hall–Kier alpha value is -2.66. The number of esters is 1. The molecule has 5 heteroatoms. The van der Waals surface area contributed by atoms with E-state index in [9.17, 15) is 4.79 Å². The van der Waals surface area contributed by atoms with Gasteiger partial charge in [0.1, 0.15) is 0 Å². The topological polar surface area (TPSA) is 53.4 Å². The van der Waals surface area contributed by atoms with Gasteiger partial charge in [-0.05, 0) is 73.4 Å². The lowest BCUT2D eigenvalue weighted by molar-refractivity contribution is 0.0599. The second-order valence-corrected chi connectivity index (χ2v) is 8.13. The molecule has 1 saturated carbocycles. The molecule has 5 nitrogen and oxygen atoms in total. The Morgan fingerprint density at radius 3 is 2.83 bits per heavy atom. The third-order valence-corrected chi connectivity index (χ3v) is 5.86. The summed E-state index contributed by atoms with van der Waals surface area (Å²) < 4.78 is 12.8. The van der Waals surface area contributed by atoms with Crippen LogP contribution in [-0.4, -0.2) is 35.8 Å². The van der Waals surface area contributed by atoms with Gasteiger partial charge in [0.2, 0.25) is 0 Å². The van der Waals surface area contributed by atoms with Gasteiger partial charge >= 0.3 is 5.97 Å². The van der Waals surface area contributed by atoms with Crippen LogP contribution in [-0.2, 0) is 29.4 Å². The number of hydrogen-bond acceptors (Lipinski definition) is 4. The van der Waals surface area contributed by atoms with E-state index in [0.717, 1.165) is 42.9 Å². The summed E-state index contributed by atoms with van der Waals surface area (Å²) in [6, 6.07) is 8.59. The molecular weight excluding hydrogens is 376 g/mol. The van der Waals surface area contributed by atoms with Crippen molar-refractivity contribution < 1.29 is 14.3 Å². The summed E-state index contributed by atoms with van der Waals surface area (Å²) in [4.78, 5) is 17.1. The third kappa shape index (κ3) is 4.41. The highest BCUT2D eigenvalue weighted by Gasteiger charge is 2.26. The van der Waals surface area contributed by atoms with Crippen LogP contribution >= 0.6 is 0 Å². The summed E-state index contributed by atoms with van der Waals surface area (Å²) in [5.41, 5.74) is 6.25. The Kier molecular flexibility index (Phi) is 6.18. The number of ether oxygens (including phenoxy) is 2. The molecule has 1 aromatic carbocycles.